The van der Waals surface area contributed by atoms with Crippen LogP contribution >= 0.6 is 0 Å². The molecule has 1 unspecified atom stereocenters. The summed E-state index contributed by atoms with van der Waals surface area (Å²) < 4.78 is 0. The fourth-order valence-electron chi connectivity index (χ4n) is 1.28. The molecule has 1 heterocycles. The molecule has 1 saturated heterocycles. The summed E-state index contributed by atoms with van der Waals surface area (Å²) in [6.45, 7) is 7.38. The second-order valence-corrected chi connectivity index (χ2v) is 3.01. The van der Waals surface area contributed by atoms with Gasteiger partial charge in [-0.3, -0.25) is 0 Å². The van der Waals surface area contributed by atoms with Crippen LogP contribution in [0.3, 0.4) is 0 Å². The van der Waals surface area contributed by atoms with Crippen molar-refractivity contribution in [3.8, 4) is 0 Å². The number of hydrogen-bond acceptors (Lipinski definition) is 4. The first kappa shape index (κ1) is 9.09. The normalized spacial score (nSPS) is 27.7. The second kappa shape index (κ2) is 3.60. The molecule has 0 radical (unpaired) electrons. The van der Waals surface area contributed by atoms with Gasteiger partial charge in [0.05, 0.1) is 0 Å². The van der Waals surface area contributed by atoms with Crippen molar-refractivity contribution in [2.75, 3.05) is 13.1 Å². The molecule has 0 amide bonds. The minimum absolute atomic E-state index is 0.254. The molecule has 5 N–H and O–H groups in total. The minimum atomic E-state index is 0.254. The molecule has 1 aliphatic rings. The quantitative estimate of drug-likeness (QED) is 0.462. The molecule has 0 aromatic rings. The van der Waals surface area contributed by atoms with E-state index in [1.54, 1.807) is 11.1 Å². The lowest BCUT2D eigenvalue weighted by Gasteiger charge is -2.32. The lowest BCUT2D eigenvalue weighted by molar-refractivity contribution is 0.278. The standard InChI is InChI=1S/C8H16N4/c1-6(9)5-8-7(2)11-3-4-12(8)10/h5,7,11H,1,3-4,9-10H2,2H3/b8-5-. The molecule has 1 fully saturated rings. The molecular formula is C8H16N4. The van der Waals surface area contributed by atoms with Crippen molar-refractivity contribution in [1.29, 1.82) is 0 Å². The van der Waals surface area contributed by atoms with E-state index in [9.17, 15) is 0 Å². The summed E-state index contributed by atoms with van der Waals surface area (Å²) in [7, 11) is 0. The minimum Gasteiger partial charge on any atom is -0.399 e. The smallest absolute Gasteiger partial charge is 0.0479 e. The summed E-state index contributed by atoms with van der Waals surface area (Å²) in [4.78, 5) is 0. The molecule has 0 bridgehead atoms. The van der Waals surface area contributed by atoms with Crippen molar-refractivity contribution in [3.05, 3.63) is 24.0 Å². The first-order valence-electron chi connectivity index (χ1n) is 4.03. The molecule has 1 rings (SSSR count). The highest BCUT2D eigenvalue weighted by molar-refractivity contribution is 5.21. The van der Waals surface area contributed by atoms with Gasteiger partial charge in [-0.25, -0.2) is 5.84 Å². The largest absolute Gasteiger partial charge is 0.399 e. The molecule has 1 atom stereocenters. The Kier molecular flexibility index (Phi) is 2.73. The third-order valence-electron chi connectivity index (χ3n) is 1.91. The maximum absolute atomic E-state index is 5.75. The molecule has 0 aromatic carbocycles. The van der Waals surface area contributed by atoms with Gasteiger partial charge in [-0.1, -0.05) is 6.58 Å². The van der Waals surface area contributed by atoms with E-state index in [0.717, 1.165) is 18.8 Å². The average Bonchev–Trinajstić information content (AvgIpc) is 1.97. The summed E-state index contributed by atoms with van der Waals surface area (Å²) in [5.74, 6) is 5.75. The van der Waals surface area contributed by atoms with Crippen LogP contribution < -0.4 is 16.9 Å². The Morgan fingerprint density at radius 1 is 1.83 bits per heavy atom. The number of allylic oxidation sites excluding steroid dienone is 1. The zero-order valence-corrected chi connectivity index (χ0v) is 7.38. The zero-order valence-electron chi connectivity index (χ0n) is 7.38. The Labute approximate surface area is 72.9 Å². The van der Waals surface area contributed by atoms with Gasteiger partial charge in [0.2, 0.25) is 0 Å². The Balaban J connectivity index is 2.75. The number of nitrogens with one attached hydrogen (secondary N) is 1. The SMILES string of the molecule is C=C(N)/C=C1/C(C)NCCN1N. The van der Waals surface area contributed by atoms with E-state index in [0.29, 0.717) is 5.70 Å². The predicted octanol–water partition coefficient (Wildman–Crippen LogP) is -0.490. The highest BCUT2D eigenvalue weighted by Crippen LogP contribution is 2.09. The maximum atomic E-state index is 5.75. The van der Waals surface area contributed by atoms with E-state index in [1.165, 1.54) is 0 Å². The van der Waals surface area contributed by atoms with Crippen LogP contribution in [0.15, 0.2) is 24.0 Å². The fourth-order valence-corrected chi connectivity index (χ4v) is 1.28. The molecule has 4 nitrogen and oxygen atoms in total. The summed E-state index contributed by atoms with van der Waals surface area (Å²) in [6.07, 6.45) is 1.80. The lowest BCUT2D eigenvalue weighted by Crippen LogP contribution is -2.50. The molecule has 0 saturated carbocycles. The van der Waals surface area contributed by atoms with Crippen LogP contribution in [0.5, 0.6) is 0 Å². The number of hydrogen-bond donors (Lipinski definition) is 3. The van der Waals surface area contributed by atoms with Gasteiger partial charge >= 0.3 is 0 Å². The summed E-state index contributed by atoms with van der Waals surface area (Å²) in [6, 6.07) is 0.254. The molecule has 0 aliphatic carbocycles. The predicted molar refractivity (Wildman–Crippen MR) is 49.8 cm³/mol. The first-order valence-corrected chi connectivity index (χ1v) is 4.03. The van der Waals surface area contributed by atoms with Gasteiger partial charge < -0.3 is 16.1 Å². The van der Waals surface area contributed by atoms with Crippen LogP contribution in [0.2, 0.25) is 0 Å². The molecule has 68 valence electrons. The van der Waals surface area contributed by atoms with E-state index in [2.05, 4.69) is 11.9 Å². The second-order valence-electron chi connectivity index (χ2n) is 3.01. The van der Waals surface area contributed by atoms with Crippen LogP contribution in [0.25, 0.3) is 0 Å². The number of nitrogens with two attached hydrogens (primary N) is 2. The number of nitrogens with zero attached hydrogens (tertiary/aromatic N) is 1. The summed E-state index contributed by atoms with van der Waals surface area (Å²) >= 11 is 0. The number of piperazine rings is 1. The molecule has 0 aromatic heterocycles. The van der Waals surface area contributed by atoms with Crippen LogP contribution in [-0.2, 0) is 0 Å². The topological polar surface area (TPSA) is 67.3 Å². The van der Waals surface area contributed by atoms with Gasteiger partial charge in [0.15, 0.2) is 0 Å². The Morgan fingerprint density at radius 3 is 3.00 bits per heavy atom. The molecule has 12 heavy (non-hydrogen) atoms. The van der Waals surface area contributed by atoms with Gasteiger partial charge in [0, 0.05) is 30.5 Å². The average molecular weight is 168 g/mol. The third kappa shape index (κ3) is 1.99. The van der Waals surface area contributed by atoms with Crippen molar-refractivity contribution in [1.82, 2.24) is 10.3 Å². The molecule has 1 aliphatic heterocycles. The van der Waals surface area contributed by atoms with Crippen LogP contribution in [0, 0.1) is 0 Å². The van der Waals surface area contributed by atoms with E-state index in [1.807, 2.05) is 6.92 Å². The Bertz CT molecular complexity index is 197. The zero-order chi connectivity index (χ0) is 9.14. The summed E-state index contributed by atoms with van der Waals surface area (Å²) in [5, 5.41) is 4.99. The maximum Gasteiger partial charge on any atom is 0.0479 e. The van der Waals surface area contributed by atoms with E-state index in [-0.39, 0.29) is 6.04 Å². The van der Waals surface area contributed by atoms with E-state index in [4.69, 9.17) is 11.6 Å². The van der Waals surface area contributed by atoms with E-state index < -0.39 is 0 Å². The highest BCUT2D eigenvalue weighted by atomic mass is 15.4. The van der Waals surface area contributed by atoms with Crippen LogP contribution in [-0.4, -0.2) is 24.1 Å². The molecular weight excluding hydrogens is 152 g/mol. The van der Waals surface area contributed by atoms with Gasteiger partial charge in [0.25, 0.3) is 0 Å². The highest BCUT2D eigenvalue weighted by Gasteiger charge is 2.17. The van der Waals surface area contributed by atoms with Gasteiger partial charge in [-0.2, -0.15) is 0 Å². The number of rotatable bonds is 1. The van der Waals surface area contributed by atoms with Crippen molar-refractivity contribution in [2.24, 2.45) is 11.6 Å². The first-order chi connectivity index (χ1) is 5.61. The Morgan fingerprint density at radius 2 is 2.50 bits per heavy atom. The molecule has 4 heteroatoms. The third-order valence-corrected chi connectivity index (χ3v) is 1.91. The summed E-state index contributed by atoms with van der Waals surface area (Å²) in [5.41, 5.74) is 7.00. The fraction of sp³-hybridized carbons (Fsp3) is 0.500. The van der Waals surface area contributed by atoms with Gasteiger partial charge in [-0.15, -0.1) is 0 Å². The van der Waals surface area contributed by atoms with Gasteiger partial charge in [-0.05, 0) is 13.0 Å². The van der Waals surface area contributed by atoms with Crippen molar-refractivity contribution >= 4 is 0 Å². The van der Waals surface area contributed by atoms with Crippen LogP contribution in [0.1, 0.15) is 6.92 Å². The molecule has 0 spiro atoms. The van der Waals surface area contributed by atoms with Crippen molar-refractivity contribution in [2.45, 2.75) is 13.0 Å². The van der Waals surface area contributed by atoms with Gasteiger partial charge in [0.1, 0.15) is 0 Å². The van der Waals surface area contributed by atoms with Crippen molar-refractivity contribution in [3.63, 3.8) is 0 Å². The monoisotopic (exact) mass is 168 g/mol. The van der Waals surface area contributed by atoms with Crippen molar-refractivity contribution < 1.29 is 0 Å². The van der Waals surface area contributed by atoms with E-state index >= 15 is 0 Å². The lowest BCUT2D eigenvalue weighted by atomic mass is 10.1. The van der Waals surface area contributed by atoms with Crippen LogP contribution in [0.4, 0.5) is 0 Å². The number of hydrazine groups is 1. The Hall–Kier alpha value is -1.00.